The molecule has 2 N–H and O–H groups in total. The summed E-state index contributed by atoms with van der Waals surface area (Å²) in [5.41, 5.74) is 5.59. The van der Waals surface area contributed by atoms with Crippen LogP contribution in [0.1, 0.15) is 55.3 Å². The zero-order valence-corrected chi connectivity index (χ0v) is 14.1. The van der Waals surface area contributed by atoms with Gasteiger partial charge in [0.2, 0.25) is 5.91 Å². The van der Waals surface area contributed by atoms with Crippen LogP contribution in [-0.2, 0) is 4.74 Å². The lowest BCUT2D eigenvalue weighted by atomic mass is 9.97. The van der Waals surface area contributed by atoms with Crippen LogP contribution in [0.15, 0.2) is 12.3 Å². The zero-order chi connectivity index (χ0) is 16.2. The third-order valence-electron chi connectivity index (χ3n) is 4.78. The molecule has 5 nitrogen and oxygen atoms in total. The number of nitrogens with zero attached hydrogens (tertiary/aromatic N) is 2. The molecule has 23 heavy (non-hydrogen) atoms. The van der Waals surface area contributed by atoms with E-state index in [1.807, 2.05) is 0 Å². The number of ether oxygens (including phenoxy) is 1. The van der Waals surface area contributed by atoms with Gasteiger partial charge in [-0.3, -0.25) is 4.79 Å². The average molecular weight is 338 g/mol. The first kappa shape index (κ1) is 16.5. The van der Waals surface area contributed by atoms with E-state index in [2.05, 4.69) is 9.88 Å². The first-order chi connectivity index (χ1) is 11.1. The molecule has 1 aromatic rings. The van der Waals surface area contributed by atoms with Crippen LogP contribution in [0.2, 0.25) is 5.02 Å². The molecular formula is C17H24ClN3O2. The Bertz CT molecular complexity index is 553. The number of rotatable bonds is 4. The van der Waals surface area contributed by atoms with E-state index in [1.165, 1.54) is 38.3 Å². The molecule has 1 aliphatic heterocycles. The van der Waals surface area contributed by atoms with Gasteiger partial charge in [0.05, 0.1) is 22.8 Å². The molecule has 6 heteroatoms. The summed E-state index contributed by atoms with van der Waals surface area (Å²) in [5, 5.41) is 0.480. The number of amides is 1. The SMILES string of the molecule is NC(=O)c1cnc(N2CCC(OC3CCCCC3)CC2)c(Cl)c1. The lowest BCUT2D eigenvalue weighted by Crippen LogP contribution is -2.39. The molecule has 2 heterocycles. The van der Waals surface area contributed by atoms with Gasteiger partial charge in [-0.15, -0.1) is 0 Å². The number of piperidine rings is 1. The number of carbonyl (C=O) groups is 1. The maximum atomic E-state index is 11.2. The second kappa shape index (κ2) is 7.49. The Morgan fingerprint density at radius 2 is 1.83 bits per heavy atom. The summed E-state index contributed by atoms with van der Waals surface area (Å²) < 4.78 is 6.26. The minimum Gasteiger partial charge on any atom is -0.375 e. The highest BCUT2D eigenvalue weighted by atomic mass is 35.5. The van der Waals surface area contributed by atoms with Gasteiger partial charge in [0.1, 0.15) is 5.82 Å². The van der Waals surface area contributed by atoms with Crippen molar-refractivity contribution in [3.8, 4) is 0 Å². The lowest BCUT2D eigenvalue weighted by molar-refractivity contribution is -0.0395. The quantitative estimate of drug-likeness (QED) is 0.916. The minimum absolute atomic E-state index is 0.342. The van der Waals surface area contributed by atoms with Gasteiger partial charge in [0.25, 0.3) is 0 Å². The van der Waals surface area contributed by atoms with Crippen molar-refractivity contribution in [3.05, 3.63) is 22.8 Å². The summed E-state index contributed by atoms with van der Waals surface area (Å²) in [5.74, 6) is 0.221. The summed E-state index contributed by atoms with van der Waals surface area (Å²) >= 11 is 6.26. The number of pyridine rings is 1. The van der Waals surface area contributed by atoms with Crippen LogP contribution in [0.25, 0.3) is 0 Å². The third kappa shape index (κ3) is 4.15. The Morgan fingerprint density at radius 3 is 2.43 bits per heavy atom. The highest BCUT2D eigenvalue weighted by molar-refractivity contribution is 6.33. The van der Waals surface area contributed by atoms with Crippen LogP contribution in [0, 0.1) is 0 Å². The molecule has 0 unspecified atom stereocenters. The van der Waals surface area contributed by atoms with Gasteiger partial charge in [0.15, 0.2) is 0 Å². The minimum atomic E-state index is -0.509. The van der Waals surface area contributed by atoms with Crippen LogP contribution in [0.3, 0.4) is 0 Å². The summed E-state index contributed by atoms with van der Waals surface area (Å²) in [7, 11) is 0. The Balaban J connectivity index is 1.55. The van der Waals surface area contributed by atoms with Gasteiger partial charge >= 0.3 is 0 Å². The summed E-state index contributed by atoms with van der Waals surface area (Å²) in [4.78, 5) is 17.6. The van der Waals surface area contributed by atoms with Gasteiger partial charge in [-0.05, 0) is 31.7 Å². The Morgan fingerprint density at radius 1 is 1.17 bits per heavy atom. The Labute approximate surface area is 142 Å². The van der Waals surface area contributed by atoms with E-state index in [1.54, 1.807) is 6.07 Å². The number of primary amides is 1. The zero-order valence-electron chi connectivity index (χ0n) is 13.3. The van der Waals surface area contributed by atoms with Crippen LogP contribution in [-0.4, -0.2) is 36.2 Å². The highest BCUT2D eigenvalue weighted by Gasteiger charge is 2.25. The van der Waals surface area contributed by atoms with Crippen molar-refractivity contribution >= 4 is 23.3 Å². The maximum Gasteiger partial charge on any atom is 0.250 e. The smallest absolute Gasteiger partial charge is 0.250 e. The van der Waals surface area contributed by atoms with E-state index >= 15 is 0 Å². The molecule has 126 valence electrons. The molecule has 0 bridgehead atoms. The largest absolute Gasteiger partial charge is 0.375 e. The number of carbonyl (C=O) groups excluding carboxylic acids is 1. The van der Waals surface area contributed by atoms with Crippen LogP contribution < -0.4 is 10.6 Å². The summed E-state index contributed by atoms with van der Waals surface area (Å²) in [6.45, 7) is 1.75. The van der Waals surface area contributed by atoms with E-state index in [4.69, 9.17) is 22.1 Å². The van der Waals surface area contributed by atoms with Crippen molar-refractivity contribution in [1.82, 2.24) is 4.98 Å². The fourth-order valence-electron chi connectivity index (χ4n) is 3.48. The second-order valence-corrected chi connectivity index (χ2v) is 6.88. The monoisotopic (exact) mass is 337 g/mol. The molecule has 0 radical (unpaired) electrons. The van der Waals surface area contributed by atoms with Crippen LogP contribution in [0.5, 0.6) is 0 Å². The molecule has 0 aromatic carbocycles. The predicted octanol–water partition coefficient (Wildman–Crippen LogP) is 3.15. The molecule has 2 aliphatic rings. The van der Waals surface area contributed by atoms with Crippen molar-refractivity contribution in [2.24, 2.45) is 5.73 Å². The van der Waals surface area contributed by atoms with Crippen molar-refractivity contribution in [3.63, 3.8) is 0 Å². The van der Waals surface area contributed by atoms with Crippen LogP contribution in [0.4, 0.5) is 5.82 Å². The lowest BCUT2D eigenvalue weighted by Gasteiger charge is -2.35. The molecule has 0 atom stereocenters. The molecule has 1 aliphatic carbocycles. The van der Waals surface area contributed by atoms with Crippen molar-refractivity contribution in [2.75, 3.05) is 18.0 Å². The van der Waals surface area contributed by atoms with E-state index < -0.39 is 5.91 Å². The third-order valence-corrected chi connectivity index (χ3v) is 5.06. The predicted molar refractivity (Wildman–Crippen MR) is 91.0 cm³/mol. The fraction of sp³-hybridized carbons (Fsp3) is 0.647. The number of nitrogens with two attached hydrogens (primary N) is 1. The van der Waals surface area contributed by atoms with Crippen molar-refractivity contribution in [1.29, 1.82) is 0 Å². The number of halogens is 1. The van der Waals surface area contributed by atoms with Gasteiger partial charge < -0.3 is 15.4 Å². The normalized spacial score (nSPS) is 20.7. The Kier molecular flexibility index (Phi) is 5.38. The number of aromatic nitrogens is 1. The molecule has 1 aromatic heterocycles. The first-order valence-corrected chi connectivity index (χ1v) is 8.87. The Hall–Kier alpha value is -1.33. The van der Waals surface area contributed by atoms with E-state index in [9.17, 15) is 4.79 Å². The van der Waals surface area contributed by atoms with E-state index in [0.717, 1.165) is 31.7 Å². The first-order valence-electron chi connectivity index (χ1n) is 8.49. The average Bonchev–Trinajstić information content (AvgIpc) is 2.56. The van der Waals surface area contributed by atoms with E-state index in [-0.39, 0.29) is 0 Å². The van der Waals surface area contributed by atoms with Crippen molar-refractivity contribution < 1.29 is 9.53 Å². The molecule has 2 fully saturated rings. The van der Waals surface area contributed by atoms with Gasteiger partial charge in [-0.25, -0.2) is 4.98 Å². The molecule has 1 amide bonds. The molecule has 1 saturated heterocycles. The molecular weight excluding hydrogens is 314 g/mol. The summed E-state index contributed by atoms with van der Waals surface area (Å²) in [6.07, 6.45) is 10.7. The second-order valence-electron chi connectivity index (χ2n) is 6.48. The number of anilines is 1. The standard InChI is InChI=1S/C17H24ClN3O2/c18-15-10-12(16(19)22)11-20-17(15)21-8-6-14(7-9-21)23-13-4-2-1-3-5-13/h10-11,13-14H,1-9H2,(H2,19,22). The van der Waals surface area contributed by atoms with Gasteiger partial charge in [-0.2, -0.15) is 0 Å². The molecule has 1 saturated carbocycles. The van der Waals surface area contributed by atoms with Crippen molar-refractivity contribution in [2.45, 2.75) is 57.2 Å². The maximum absolute atomic E-state index is 11.2. The van der Waals surface area contributed by atoms with Gasteiger partial charge in [0, 0.05) is 19.3 Å². The fourth-order valence-corrected chi connectivity index (χ4v) is 3.76. The molecule has 3 rings (SSSR count). The summed E-state index contributed by atoms with van der Waals surface area (Å²) in [6, 6.07) is 1.59. The topological polar surface area (TPSA) is 68.5 Å². The number of hydrogen-bond donors (Lipinski definition) is 1. The highest BCUT2D eigenvalue weighted by Crippen LogP contribution is 2.29. The molecule has 0 spiro atoms. The van der Waals surface area contributed by atoms with Crippen LogP contribution >= 0.6 is 11.6 Å². The number of hydrogen-bond acceptors (Lipinski definition) is 4. The van der Waals surface area contributed by atoms with Gasteiger partial charge in [-0.1, -0.05) is 30.9 Å². The van der Waals surface area contributed by atoms with E-state index in [0.29, 0.717) is 22.8 Å².